The lowest BCUT2D eigenvalue weighted by molar-refractivity contribution is 0.161. The first-order valence-electron chi connectivity index (χ1n) is 9.15. The van der Waals surface area contributed by atoms with Gasteiger partial charge < -0.3 is 10.2 Å². The molecule has 1 aliphatic heterocycles. The number of aromatic nitrogens is 3. The number of nitrogens with one attached hydrogen (secondary N) is 1. The van der Waals surface area contributed by atoms with Crippen LogP contribution >= 0.6 is 0 Å². The van der Waals surface area contributed by atoms with Crippen molar-refractivity contribution in [2.75, 3.05) is 27.2 Å². The lowest BCUT2D eigenvalue weighted by atomic mass is 10.1. The molecule has 0 radical (unpaired) electrons. The molecule has 2 amide bonds. The molecule has 4 rings (SSSR count). The van der Waals surface area contributed by atoms with Gasteiger partial charge in [-0.25, -0.2) is 4.79 Å². The number of para-hydroxylation sites is 1. The highest BCUT2D eigenvalue weighted by molar-refractivity contribution is 5.78. The normalized spacial score (nSPS) is 16.9. The minimum atomic E-state index is -0.0861. The average molecular weight is 364 g/mol. The predicted molar refractivity (Wildman–Crippen MR) is 104 cm³/mol. The summed E-state index contributed by atoms with van der Waals surface area (Å²) in [6.07, 6.45) is 1.83. The predicted octanol–water partition coefficient (Wildman–Crippen LogP) is 2.26. The van der Waals surface area contributed by atoms with E-state index in [-0.39, 0.29) is 12.1 Å². The molecule has 0 spiro atoms. The van der Waals surface area contributed by atoms with E-state index in [2.05, 4.69) is 33.5 Å². The summed E-state index contributed by atoms with van der Waals surface area (Å²) >= 11 is 0. The van der Waals surface area contributed by atoms with E-state index in [1.54, 1.807) is 19.0 Å². The Bertz CT molecular complexity index is 950. The average Bonchev–Trinajstić information content (AvgIpc) is 3.14. The maximum Gasteiger partial charge on any atom is 0.316 e. The van der Waals surface area contributed by atoms with E-state index in [0.717, 1.165) is 41.9 Å². The highest BCUT2D eigenvalue weighted by Crippen LogP contribution is 2.22. The van der Waals surface area contributed by atoms with Crippen molar-refractivity contribution in [1.82, 2.24) is 29.9 Å². The van der Waals surface area contributed by atoms with Crippen LogP contribution in [-0.4, -0.2) is 57.8 Å². The molecule has 7 nitrogen and oxygen atoms in total. The van der Waals surface area contributed by atoms with E-state index in [1.165, 1.54) is 0 Å². The van der Waals surface area contributed by atoms with E-state index in [4.69, 9.17) is 4.98 Å². The first kappa shape index (κ1) is 17.5. The molecule has 0 saturated heterocycles. The molecule has 1 atom stereocenters. The van der Waals surface area contributed by atoms with Gasteiger partial charge in [-0.05, 0) is 18.2 Å². The number of amides is 2. The molecule has 1 aliphatic rings. The number of carbonyl (C=O) groups is 1. The molecule has 3 heterocycles. The van der Waals surface area contributed by atoms with Crippen LogP contribution in [0, 0.1) is 0 Å². The maximum atomic E-state index is 11.9. The summed E-state index contributed by atoms with van der Waals surface area (Å²) in [4.78, 5) is 20.6. The molecule has 3 aromatic rings. The standard InChI is InChI=1S/C20H24N6O/c1-24(2)20(27)21-11-18-14-25(13-17-9-10-22-26(17)18)12-16-8-7-15-5-3-4-6-19(15)23-16/h3-10,18H,11-14H2,1-2H3,(H,21,27)/t18-/m0/s1. The van der Waals surface area contributed by atoms with Crippen LogP contribution in [0.5, 0.6) is 0 Å². The fourth-order valence-electron chi connectivity index (χ4n) is 3.52. The largest absolute Gasteiger partial charge is 0.336 e. The number of carbonyl (C=O) groups excluding carboxylic acids is 1. The number of hydrogen-bond acceptors (Lipinski definition) is 4. The Morgan fingerprint density at radius 1 is 1.22 bits per heavy atom. The Kier molecular flexibility index (Phi) is 4.77. The van der Waals surface area contributed by atoms with Crippen LogP contribution in [0.2, 0.25) is 0 Å². The zero-order valence-electron chi connectivity index (χ0n) is 15.7. The second-order valence-corrected chi connectivity index (χ2v) is 7.17. The molecule has 140 valence electrons. The second-order valence-electron chi connectivity index (χ2n) is 7.17. The van der Waals surface area contributed by atoms with Crippen molar-refractivity contribution < 1.29 is 4.79 Å². The Morgan fingerprint density at radius 2 is 2.07 bits per heavy atom. The second kappa shape index (κ2) is 7.36. The van der Waals surface area contributed by atoms with Gasteiger partial charge in [-0.15, -0.1) is 0 Å². The minimum Gasteiger partial charge on any atom is -0.336 e. The van der Waals surface area contributed by atoms with Gasteiger partial charge in [0.05, 0.1) is 22.9 Å². The molecule has 0 unspecified atom stereocenters. The smallest absolute Gasteiger partial charge is 0.316 e. The summed E-state index contributed by atoms with van der Waals surface area (Å²) in [5.74, 6) is 0. The van der Waals surface area contributed by atoms with Crippen LogP contribution in [0.25, 0.3) is 10.9 Å². The highest BCUT2D eigenvalue weighted by Gasteiger charge is 2.26. The van der Waals surface area contributed by atoms with E-state index >= 15 is 0 Å². The lowest BCUT2D eigenvalue weighted by Gasteiger charge is -2.34. The molecule has 0 saturated carbocycles. The van der Waals surface area contributed by atoms with Crippen LogP contribution in [-0.2, 0) is 13.1 Å². The zero-order chi connectivity index (χ0) is 18.8. The van der Waals surface area contributed by atoms with Crippen LogP contribution in [0.1, 0.15) is 17.4 Å². The van der Waals surface area contributed by atoms with Crippen LogP contribution in [0.4, 0.5) is 4.79 Å². The van der Waals surface area contributed by atoms with Crippen LogP contribution in [0.15, 0.2) is 48.7 Å². The summed E-state index contributed by atoms with van der Waals surface area (Å²) in [6.45, 7) is 2.96. The van der Waals surface area contributed by atoms with Gasteiger partial charge in [0.1, 0.15) is 0 Å². The molecule has 0 fully saturated rings. The maximum absolute atomic E-state index is 11.9. The van der Waals surface area contributed by atoms with Crippen molar-refractivity contribution in [2.24, 2.45) is 0 Å². The molecule has 7 heteroatoms. The summed E-state index contributed by atoms with van der Waals surface area (Å²) in [6, 6.07) is 14.5. The number of benzene rings is 1. The summed E-state index contributed by atoms with van der Waals surface area (Å²) in [7, 11) is 3.49. The number of fused-ring (bicyclic) bond motifs is 2. The Balaban J connectivity index is 1.49. The van der Waals surface area contributed by atoms with Gasteiger partial charge in [0, 0.05) is 51.9 Å². The number of nitrogens with zero attached hydrogens (tertiary/aromatic N) is 5. The SMILES string of the molecule is CN(C)C(=O)NC[C@H]1CN(Cc2ccc3ccccc3n2)Cc2ccnn21. The molecule has 1 N–H and O–H groups in total. The van der Waals surface area contributed by atoms with Gasteiger partial charge in [-0.3, -0.25) is 14.6 Å². The van der Waals surface area contributed by atoms with Crippen molar-refractivity contribution in [3.05, 3.63) is 60.0 Å². The van der Waals surface area contributed by atoms with Gasteiger partial charge in [0.25, 0.3) is 0 Å². The van der Waals surface area contributed by atoms with Crippen molar-refractivity contribution >= 4 is 16.9 Å². The fourth-order valence-corrected chi connectivity index (χ4v) is 3.52. The quantitative estimate of drug-likeness (QED) is 0.771. The van der Waals surface area contributed by atoms with E-state index in [9.17, 15) is 4.79 Å². The molecule has 2 aromatic heterocycles. The molecular weight excluding hydrogens is 340 g/mol. The molecule has 27 heavy (non-hydrogen) atoms. The van der Waals surface area contributed by atoms with Gasteiger partial charge in [0.15, 0.2) is 0 Å². The Hall–Kier alpha value is -2.93. The monoisotopic (exact) mass is 364 g/mol. The molecular formula is C20H24N6O. The number of rotatable bonds is 4. The number of hydrogen-bond donors (Lipinski definition) is 1. The van der Waals surface area contributed by atoms with Crippen LogP contribution < -0.4 is 5.32 Å². The third-order valence-corrected chi connectivity index (χ3v) is 4.89. The summed E-state index contributed by atoms with van der Waals surface area (Å²) in [5, 5.41) is 8.58. The van der Waals surface area contributed by atoms with Gasteiger partial charge in [-0.1, -0.05) is 24.3 Å². The number of pyridine rings is 1. The Morgan fingerprint density at radius 3 is 2.93 bits per heavy atom. The highest BCUT2D eigenvalue weighted by atomic mass is 16.2. The number of urea groups is 1. The third-order valence-electron chi connectivity index (χ3n) is 4.89. The van der Waals surface area contributed by atoms with E-state index < -0.39 is 0 Å². The van der Waals surface area contributed by atoms with Crippen molar-refractivity contribution in [1.29, 1.82) is 0 Å². The summed E-state index contributed by atoms with van der Waals surface area (Å²) < 4.78 is 2.03. The molecule has 1 aromatic carbocycles. The molecule has 0 aliphatic carbocycles. The van der Waals surface area contributed by atoms with Crippen molar-refractivity contribution in [3.8, 4) is 0 Å². The van der Waals surface area contributed by atoms with Crippen molar-refractivity contribution in [2.45, 2.75) is 19.1 Å². The van der Waals surface area contributed by atoms with Gasteiger partial charge in [-0.2, -0.15) is 5.10 Å². The third kappa shape index (κ3) is 3.78. The van der Waals surface area contributed by atoms with E-state index in [0.29, 0.717) is 6.54 Å². The van der Waals surface area contributed by atoms with Crippen molar-refractivity contribution in [3.63, 3.8) is 0 Å². The topological polar surface area (TPSA) is 66.3 Å². The molecule has 0 bridgehead atoms. The Labute approximate surface area is 158 Å². The first-order chi connectivity index (χ1) is 13.1. The minimum absolute atomic E-state index is 0.0861. The van der Waals surface area contributed by atoms with Gasteiger partial charge >= 0.3 is 6.03 Å². The van der Waals surface area contributed by atoms with Gasteiger partial charge in [0.2, 0.25) is 0 Å². The zero-order valence-corrected chi connectivity index (χ0v) is 15.7. The van der Waals surface area contributed by atoms with Crippen LogP contribution in [0.3, 0.4) is 0 Å². The lowest BCUT2D eigenvalue weighted by Crippen LogP contribution is -2.44. The van der Waals surface area contributed by atoms with E-state index in [1.807, 2.05) is 35.1 Å². The first-order valence-corrected chi connectivity index (χ1v) is 9.15. The fraction of sp³-hybridized carbons (Fsp3) is 0.350. The summed E-state index contributed by atoms with van der Waals surface area (Å²) in [5.41, 5.74) is 3.23.